The summed E-state index contributed by atoms with van der Waals surface area (Å²) in [7, 11) is 0. The van der Waals surface area contributed by atoms with Crippen LogP contribution in [0.2, 0.25) is 5.02 Å². The normalized spacial score (nSPS) is 21.3. The fraction of sp³-hybridized carbons (Fsp3) is 0.417. The van der Waals surface area contributed by atoms with E-state index in [1.807, 2.05) is 17.0 Å². The van der Waals surface area contributed by atoms with Crippen molar-refractivity contribution in [2.45, 2.75) is 19.4 Å². The molecule has 5 rings (SSSR count). The van der Waals surface area contributed by atoms with Gasteiger partial charge in [-0.3, -0.25) is 14.5 Å². The SMILES string of the molecule is O=C(C1CCN(c2ccc(Cl)cc2)C1=O)N1CCN(Cc2ccc3c(c2)CCO3)CC1. The topological polar surface area (TPSA) is 53.1 Å². The van der Waals surface area contributed by atoms with Crippen molar-refractivity contribution in [1.29, 1.82) is 0 Å². The molecule has 3 aliphatic rings. The lowest BCUT2D eigenvalue weighted by atomic mass is 10.1. The Morgan fingerprint density at radius 1 is 1.03 bits per heavy atom. The smallest absolute Gasteiger partial charge is 0.239 e. The van der Waals surface area contributed by atoms with E-state index in [0.717, 1.165) is 44.1 Å². The van der Waals surface area contributed by atoms with Gasteiger partial charge in [0.2, 0.25) is 11.8 Å². The molecule has 0 bridgehead atoms. The van der Waals surface area contributed by atoms with Crippen molar-refractivity contribution in [1.82, 2.24) is 9.80 Å². The summed E-state index contributed by atoms with van der Waals surface area (Å²) in [6.07, 6.45) is 1.55. The van der Waals surface area contributed by atoms with Gasteiger partial charge in [-0.25, -0.2) is 0 Å². The maximum Gasteiger partial charge on any atom is 0.239 e. The monoisotopic (exact) mass is 439 g/mol. The van der Waals surface area contributed by atoms with Crippen LogP contribution in [0.5, 0.6) is 5.75 Å². The van der Waals surface area contributed by atoms with Crippen LogP contribution in [0.3, 0.4) is 0 Å². The van der Waals surface area contributed by atoms with Gasteiger partial charge < -0.3 is 14.5 Å². The summed E-state index contributed by atoms with van der Waals surface area (Å²) in [5.41, 5.74) is 3.37. The summed E-state index contributed by atoms with van der Waals surface area (Å²) in [6, 6.07) is 13.6. The van der Waals surface area contributed by atoms with Crippen LogP contribution in [0.1, 0.15) is 17.5 Å². The van der Waals surface area contributed by atoms with Gasteiger partial charge in [-0.2, -0.15) is 0 Å². The predicted molar refractivity (Wildman–Crippen MR) is 119 cm³/mol. The van der Waals surface area contributed by atoms with Gasteiger partial charge in [0.25, 0.3) is 0 Å². The summed E-state index contributed by atoms with van der Waals surface area (Å²) in [5, 5.41) is 0.633. The highest BCUT2D eigenvalue weighted by Crippen LogP contribution is 2.29. The fourth-order valence-corrected chi connectivity index (χ4v) is 4.86. The molecule has 0 N–H and O–H groups in total. The number of nitrogens with zero attached hydrogens (tertiary/aromatic N) is 3. The zero-order chi connectivity index (χ0) is 21.4. The fourth-order valence-electron chi connectivity index (χ4n) is 4.73. The number of amides is 2. The van der Waals surface area contributed by atoms with Gasteiger partial charge in [0, 0.05) is 56.4 Å². The third-order valence-electron chi connectivity index (χ3n) is 6.49. The Morgan fingerprint density at radius 2 is 1.81 bits per heavy atom. The molecule has 0 radical (unpaired) electrons. The maximum absolute atomic E-state index is 13.1. The first-order chi connectivity index (χ1) is 15.1. The molecule has 0 aromatic heterocycles. The lowest BCUT2D eigenvalue weighted by Gasteiger charge is -2.35. The van der Waals surface area contributed by atoms with Gasteiger partial charge in [-0.1, -0.05) is 23.7 Å². The zero-order valence-electron chi connectivity index (χ0n) is 17.4. The third-order valence-corrected chi connectivity index (χ3v) is 6.74. The highest BCUT2D eigenvalue weighted by Gasteiger charge is 2.40. The number of benzene rings is 2. The molecule has 1 atom stereocenters. The molecule has 2 fully saturated rings. The van der Waals surface area contributed by atoms with Gasteiger partial charge in [0.15, 0.2) is 0 Å². The average molecular weight is 440 g/mol. The summed E-state index contributed by atoms with van der Waals surface area (Å²) >= 11 is 5.95. The van der Waals surface area contributed by atoms with E-state index in [-0.39, 0.29) is 11.8 Å². The molecular formula is C24H26ClN3O3. The molecule has 3 aliphatic heterocycles. The molecule has 6 nitrogen and oxygen atoms in total. The minimum absolute atomic E-state index is 0.0317. The molecule has 162 valence electrons. The Bertz CT molecular complexity index is 986. The van der Waals surface area contributed by atoms with E-state index >= 15 is 0 Å². The predicted octanol–water partition coefficient (Wildman–Crippen LogP) is 2.97. The molecule has 2 aromatic rings. The minimum Gasteiger partial charge on any atom is -0.493 e. The van der Waals surface area contributed by atoms with Gasteiger partial charge >= 0.3 is 0 Å². The van der Waals surface area contributed by atoms with Gasteiger partial charge in [-0.15, -0.1) is 0 Å². The van der Waals surface area contributed by atoms with Crippen molar-refractivity contribution in [2.24, 2.45) is 5.92 Å². The number of rotatable bonds is 4. The number of anilines is 1. The first-order valence-electron chi connectivity index (χ1n) is 10.9. The Kier molecular flexibility index (Phi) is 5.59. The lowest BCUT2D eigenvalue weighted by Crippen LogP contribution is -2.51. The van der Waals surface area contributed by atoms with Gasteiger partial charge in [0.1, 0.15) is 11.7 Å². The maximum atomic E-state index is 13.1. The van der Waals surface area contributed by atoms with E-state index in [4.69, 9.17) is 16.3 Å². The Balaban J connectivity index is 1.16. The molecule has 7 heteroatoms. The minimum atomic E-state index is -0.570. The number of fused-ring (bicyclic) bond motifs is 1. The van der Waals surface area contributed by atoms with Crippen LogP contribution in [0.25, 0.3) is 0 Å². The van der Waals surface area contributed by atoms with E-state index in [9.17, 15) is 9.59 Å². The highest BCUT2D eigenvalue weighted by molar-refractivity contribution is 6.30. The van der Waals surface area contributed by atoms with Crippen molar-refractivity contribution in [3.63, 3.8) is 0 Å². The number of hydrogen-bond acceptors (Lipinski definition) is 4. The van der Waals surface area contributed by atoms with Crippen LogP contribution in [-0.4, -0.2) is 60.9 Å². The van der Waals surface area contributed by atoms with E-state index in [0.29, 0.717) is 31.1 Å². The second-order valence-electron chi connectivity index (χ2n) is 8.45. The molecule has 0 saturated carbocycles. The van der Waals surface area contributed by atoms with Crippen LogP contribution < -0.4 is 9.64 Å². The largest absolute Gasteiger partial charge is 0.493 e. The van der Waals surface area contributed by atoms with Crippen LogP contribution >= 0.6 is 11.6 Å². The number of ether oxygens (including phenoxy) is 1. The van der Waals surface area contributed by atoms with Crippen LogP contribution in [0.4, 0.5) is 5.69 Å². The number of halogens is 1. The molecule has 31 heavy (non-hydrogen) atoms. The Labute approximate surface area is 187 Å². The van der Waals surface area contributed by atoms with Crippen molar-refractivity contribution >= 4 is 29.1 Å². The van der Waals surface area contributed by atoms with Crippen molar-refractivity contribution in [3.05, 3.63) is 58.6 Å². The molecule has 3 heterocycles. The van der Waals surface area contributed by atoms with Crippen LogP contribution in [0, 0.1) is 5.92 Å². The lowest BCUT2D eigenvalue weighted by molar-refractivity contribution is -0.141. The molecule has 0 spiro atoms. The van der Waals surface area contributed by atoms with Crippen molar-refractivity contribution < 1.29 is 14.3 Å². The van der Waals surface area contributed by atoms with Crippen molar-refractivity contribution in [2.75, 3.05) is 44.2 Å². The highest BCUT2D eigenvalue weighted by atomic mass is 35.5. The number of carbonyl (C=O) groups is 2. The second-order valence-corrected chi connectivity index (χ2v) is 8.89. The summed E-state index contributed by atoms with van der Waals surface area (Å²) in [5.74, 6) is 0.304. The van der Waals surface area contributed by atoms with E-state index < -0.39 is 5.92 Å². The summed E-state index contributed by atoms with van der Waals surface area (Å²) in [4.78, 5) is 31.9. The van der Waals surface area contributed by atoms with Gasteiger partial charge in [-0.05, 0) is 47.9 Å². The number of carbonyl (C=O) groups excluding carboxylic acids is 2. The second kappa shape index (κ2) is 8.52. The molecule has 2 saturated heterocycles. The Hall–Kier alpha value is -2.57. The summed E-state index contributed by atoms with van der Waals surface area (Å²) < 4.78 is 5.59. The Morgan fingerprint density at radius 3 is 2.58 bits per heavy atom. The third kappa shape index (κ3) is 4.14. The van der Waals surface area contributed by atoms with Crippen LogP contribution in [0.15, 0.2) is 42.5 Å². The first-order valence-corrected chi connectivity index (χ1v) is 11.3. The quantitative estimate of drug-likeness (QED) is 0.687. The molecule has 2 amide bonds. The molecule has 1 unspecified atom stereocenters. The van der Waals surface area contributed by atoms with Gasteiger partial charge in [0.05, 0.1) is 6.61 Å². The van der Waals surface area contributed by atoms with E-state index in [1.54, 1.807) is 17.0 Å². The van der Waals surface area contributed by atoms with E-state index in [2.05, 4.69) is 23.1 Å². The molecular weight excluding hydrogens is 414 g/mol. The number of hydrogen-bond donors (Lipinski definition) is 0. The first kappa shape index (κ1) is 20.3. The average Bonchev–Trinajstić information content (AvgIpc) is 3.40. The molecule has 0 aliphatic carbocycles. The number of piperazine rings is 1. The van der Waals surface area contributed by atoms with Crippen LogP contribution in [-0.2, 0) is 22.6 Å². The molecule has 2 aromatic carbocycles. The zero-order valence-corrected chi connectivity index (χ0v) is 18.2. The standard InChI is InChI=1S/C24H26ClN3O3/c25-19-2-4-20(5-3-19)28-9-7-21(24(28)30)23(29)27-12-10-26(11-13-27)16-17-1-6-22-18(15-17)8-14-31-22/h1-6,15,21H,7-14,16H2. The van der Waals surface area contributed by atoms with E-state index in [1.165, 1.54) is 11.1 Å². The van der Waals surface area contributed by atoms with Crippen molar-refractivity contribution in [3.8, 4) is 5.75 Å². The summed E-state index contributed by atoms with van der Waals surface area (Å²) in [6.45, 7) is 5.19.